The van der Waals surface area contributed by atoms with Gasteiger partial charge >= 0.3 is 0 Å². The van der Waals surface area contributed by atoms with E-state index >= 15 is 0 Å². The van der Waals surface area contributed by atoms with Gasteiger partial charge in [-0.05, 0) is 186 Å². The van der Waals surface area contributed by atoms with Crippen LogP contribution in [0.2, 0.25) is 0 Å². The van der Waals surface area contributed by atoms with Crippen molar-refractivity contribution < 1.29 is 0 Å². The zero-order valence-electron chi connectivity index (χ0n) is 40.9. The Hall–Kier alpha value is -4.24. The zero-order chi connectivity index (χ0) is 44.1. The average molecular weight is 807 g/mol. The van der Waals surface area contributed by atoms with Crippen molar-refractivity contribution in [1.29, 1.82) is 0 Å². The third kappa shape index (κ3) is 5.66. The molecule has 2 nitrogen and oxygen atoms in total. The molecule has 0 atom stereocenters. The van der Waals surface area contributed by atoms with Crippen LogP contribution in [0.3, 0.4) is 0 Å². The highest BCUT2D eigenvalue weighted by atomic mass is 15.2. The van der Waals surface area contributed by atoms with Crippen molar-refractivity contribution in [2.45, 2.75) is 182 Å². The Balaban J connectivity index is 1.33. The maximum absolute atomic E-state index is 2.73. The van der Waals surface area contributed by atoms with Crippen molar-refractivity contribution >= 4 is 57.2 Å². The largest absolute Gasteiger partial charge is 0.311 e. The lowest BCUT2D eigenvalue weighted by Crippen LogP contribution is -2.61. The maximum Gasteiger partial charge on any atom is 0.252 e. The minimum absolute atomic E-state index is 0.00285. The summed E-state index contributed by atoms with van der Waals surface area (Å²) in [6.07, 6.45) is 3.46. The van der Waals surface area contributed by atoms with Crippen molar-refractivity contribution in [3.05, 3.63) is 122 Å². The third-order valence-corrected chi connectivity index (χ3v) is 16.4. The lowest BCUT2D eigenvalue weighted by Gasteiger charge is -2.46. The normalized spacial score (nSPS) is 21.1. The number of aryl methyl sites for hydroxylation is 3. The molecule has 61 heavy (non-hydrogen) atoms. The first-order valence-electron chi connectivity index (χ1n) is 23.4. The predicted octanol–water partition coefficient (Wildman–Crippen LogP) is 13.9. The molecule has 3 aliphatic carbocycles. The van der Waals surface area contributed by atoms with Gasteiger partial charge in [-0.25, -0.2) is 0 Å². The van der Waals surface area contributed by atoms with Gasteiger partial charge in [-0.15, -0.1) is 0 Å². The highest BCUT2D eigenvalue weighted by Crippen LogP contribution is 2.57. The molecule has 0 amide bonds. The summed E-state index contributed by atoms with van der Waals surface area (Å²) in [6, 6.07) is 28.2. The van der Waals surface area contributed by atoms with Crippen LogP contribution in [0, 0.1) is 20.8 Å². The van der Waals surface area contributed by atoms with Gasteiger partial charge < -0.3 is 9.80 Å². The topological polar surface area (TPSA) is 6.48 Å². The van der Waals surface area contributed by atoms with Crippen molar-refractivity contribution in [3.8, 4) is 0 Å². The Kier molecular flexibility index (Phi) is 8.07. The molecule has 5 aromatic rings. The quantitative estimate of drug-likeness (QED) is 0.161. The molecule has 0 spiro atoms. The van der Waals surface area contributed by atoms with E-state index in [0.29, 0.717) is 0 Å². The molecule has 0 bridgehead atoms. The van der Waals surface area contributed by atoms with Crippen LogP contribution in [-0.4, -0.2) is 6.71 Å². The van der Waals surface area contributed by atoms with Gasteiger partial charge in [0.1, 0.15) is 0 Å². The minimum Gasteiger partial charge on any atom is -0.311 e. The van der Waals surface area contributed by atoms with E-state index in [-0.39, 0.29) is 44.6 Å². The molecule has 0 N–H and O–H groups in total. The van der Waals surface area contributed by atoms with Crippen LogP contribution in [0.4, 0.5) is 34.1 Å². The molecule has 2 aliphatic heterocycles. The Morgan fingerprint density at radius 2 is 0.770 bits per heavy atom. The second kappa shape index (κ2) is 12.1. The smallest absolute Gasteiger partial charge is 0.252 e. The van der Waals surface area contributed by atoms with E-state index in [1.807, 2.05) is 0 Å². The fourth-order valence-electron chi connectivity index (χ4n) is 14.3. The first-order chi connectivity index (χ1) is 28.0. The molecule has 2 heterocycles. The third-order valence-electron chi connectivity index (χ3n) is 16.4. The number of anilines is 6. The molecule has 0 radical (unpaired) electrons. The van der Waals surface area contributed by atoms with Crippen molar-refractivity contribution in [1.82, 2.24) is 0 Å². The van der Waals surface area contributed by atoms with Crippen LogP contribution in [0.1, 0.15) is 179 Å². The second-order valence-corrected chi connectivity index (χ2v) is 25.5. The van der Waals surface area contributed by atoms with Gasteiger partial charge in [-0.1, -0.05) is 134 Å². The van der Waals surface area contributed by atoms with Crippen molar-refractivity contribution in [2.75, 3.05) is 9.80 Å². The van der Waals surface area contributed by atoms with Crippen LogP contribution < -0.4 is 26.2 Å². The molecule has 5 aliphatic rings. The number of fused-ring (bicyclic) bond motifs is 7. The van der Waals surface area contributed by atoms with E-state index in [2.05, 4.69) is 201 Å². The summed E-state index contributed by atoms with van der Waals surface area (Å²) < 4.78 is 0. The van der Waals surface area contributed by atoms with E-state index < -0.39 is 0 Å². The molecule has 5 aromatic carbocycles. The monoisotopic (exact) mass is 807 g/mol. The molecule has 0 fully saturated rings. The molecule has 0 saturated heterocycles. The average Bonchev–Trinajstić information content (AvgIpc) is 3.51. The number of rotatable bonds is 2. The van der Waals surface area contributed by atoms with Gasteiger partial charge in [0.05, 0.1) is 0 Å². The van der Waals surface area contributed by atoms with E-state index in [1.54, 1.807) is 0 Å². The summed E-state index contributed by atoms with van der Waals surface area (Å²) >= 11 is 0. The SMILES string of the molecule is Cc1cc2c3c(c1)N(c1cc4c(cc1C)C(C)(C)CC4(C)C)c1cc4c(cc1B3c1ccc(C(C)(C)C)cc1N2c1cc2c(cc1C)C(C)(C)CC2(C)C)C(C)(C)CC4(C)C. The van der Waals surface area contributed by atoms with Gasteiger partial charge in [0.2, 0.25) is 0 Å². The standard InChI is InChI=1S/C58H71BN2/c1-33-21-49-51-50(22-33)61(46-28-41-38(24-35(46)3)54(9,10)31-57(41,15)16)48-29-42-39(55(11,12)32-58(42,17)18)26-44(48)59(51)43-20-19-36(52(4,5)6)25-47(43)60(49)45-27-40-37(23-34(45)2)53(7,8)30-56(40,13)14/h19-29H,30-32H2,1-18H3. The highest BCUT2D eigenvalue weighted by molar-refractivity contribution is 7.00. The summed E-state index contributed by atoms with van der Waals surface area (Å²) in [5, 5.41) is 0. The van der Waals surface area contributed by atoms with Gasteiger partial charge in [0.15, 0.2) is 0 Å². The van der Waals surface area contributed by atoms with E-state index in [4.69, 9.17) is 0 Å². The molecular formula is C58H71BN2. The summed E-state index contributed by atoms with van der Waals surface area (Å²) in [5.41, 5.74) is 27.3. The molecular weight excluding hydrogens is 735 g/mol. The van der Waals surface area contributed by atoms with Gasteiger partial charge in [-0.3, -0.25) is 0 Å². The highest BCUT2D eigenvalue weighted by Gasteiger charge is 2.50. The molecule has 0 aromatic heterocycles. The zero-order valence-corrected chi connectivity index (χ0v) is 40.9. The van der Waals surface area contributed by atoms with Crippen LogP contribution in [0.25, 0.3) is 0 Å². The van der Waals surface area contributed by atoms with Gasteiger partial charge in [0, 0.05) is 34.1 Å². The van der Waals surface area contributed by atoms with Gasteiger partial charge in [-0.2, -0.15) is 0 Å². The maximum atomic E-state index is 2.73. The summed E-state index contributed by atoms with van der Waals surface area (Å²) in [6.45, 7) is 43.8. The Bertz CT molecular complexity index is 2760. The fraction of sp³-hybridized carbons (Fsp3) is 0.483. The van der Waals surface area contributed by atoms with E-state index in [9.17, 15) is 0 Å². The lowest BCUT2D eigenvalue weighted by atomic mass is 9.33. The van der Waals surface area contributed by atoms with E-state index in [0.717, 1.165) is 19.3 Å². The minimum atomic E-state index is 0.00285. The first-order valence-corrected chi connectivity index (χ1v) is 23.4. The Labute approximate surface area is 369 Å². The van der Waals surface area contributed by atoms with Crippen LogP contribution >= 0.6 is 0 Å². The Morgan fingerprint density at radius 1 is 0.410 bits per heavy atom. The van der Waals surface area contributed by atoms with Crippen LogP contribution in [0.5, 0.6) is 0 Å². The predicted molar refractivity (Wildman–Crippen MR) is 265 cm³/mol. The molecule has 0 saturated carbocycles. The van der Waals surface area contributed by atoms with Crippen LogP contribution in [-0.2, 0) is 37.9 Å². The number of hydrogen-bond acceptors (Lipinski definition) is 2. The molecule has 3 heteroatoms. The summed E-state index contributed by atoms with van der Waals surface area (Å²) in [4.78, 5) is 5.43. The fourth-order valence-corrected chi connectivity index (χ4v) is 14.3. The first kappa shape index (κ1) is 40.8. The van der Waals surface area contributed by atoms with Crippen molar-refractivity contribution in [3.63, 3.8) is 0 Å². The number of nitrogens with zero attached hydrogens (tertiary/aromatic N) is 2. The molecule has 316 valence electrons. The summed E-state index contributed by atoms with van der Waals surface area (Å²) in [7, 11) is 0. The number of hydrogen-bond donors (Lipinski definition) is 0. The lowest BCUT2D eigenvalue weighted by molar-refractivity contribution is 0.402. The van der Waals surface area contributed by atoms with E-state index in [1.165, 1.54) is 106 Å². The van der Waals surface area contributed by atoms with Crippen LogP contribution in [0.15, 0.2) is 66.7 Å². The molecule has 0 unspecified atom stereocenters. The number of benzene rings is 5. The Morgan fingerprint density at radius 3 is 1.18 bits per heavy atom. The second-order valence-electron chi connectivity index (χ2n) is 25.5. The summed E-state index contributed by atoms with van der Waals surface area (Å²) in [5.74, 6) is 0. The van der Waals surface area contributed by atoms with Crippen molar-refractivity contribution in [2.24, 2.45) is 0 Å². The van der Waals surface area contributed by atoms with Gasteiger partial charge in [0.25, 0.3) is 6.71 Å². The molecule has 10 rings (SSSR count).